The summed E-state index contributed by atoms with van der Waals surface area (Å²) < 4.78 is 26.6. The molecule has 0 unspecified atom stereocenters. The van der Waals surface area contributed by atoms with Gasteiger partial charge in [-0.25, -0.2) is 4.52 Å². The van der Waals surface area contributed by atoms with E-state index in [-0.39, 0.29) is 11.2 Å². The van der Waals surface area contributed by atoms with Gasteiger partial charge < -0.3 is 18.6 Å². The minimum atomic E-state index is -0.457. The van der Waals surface area contributed by atoms with Gasteiger partial charge in [-0.15, -0.1) is 0 Å². The van der Waals surface area contributed by atoms with Crippen LogP contribution in [0.25, 0.3) is 5.52 Å². The Balaban J connectivity index is 1.69. The molecule has 0 amide bonds. The average molecular weight is 370 g/mol. The first kappa shape index (κ1) is 19.0. The van der Waals surface area contributed by atoms with Crippen LogP contribution in [-0.4, -0.2) is 46.3 Å². The van der Waals surface area contributed by atoms with E-state index < -0.39 is 25.4 Å². The van der Waals surface area contributed by atoms with Gasteiger partial charge in [0.15, 0.2) is 0 Å². The van der Waals surface area contributed by atoms with Crippen molar-refractivity contribution < 1.29 is 18.6 Å². The molecule has 2 aromatic rings. The smallest absolute Gasteiger partial charge is 0.399 e. The molecule has 6 nitrogen and oxygen atoms in total. The molecule has 2 aliphatic heterocycles. The Labute approximate surface area is 161 Å². The normalized spacial score (nSPS) is 25.5. The number of hydrogen-bond donors (Lipinski definition) is 0. The van der Waals surface area contributed by atoms with E-state index in [0.29, 0.717) is 0 Å². The number of fused-ring (bicyclic) bond motifs is 1. The van der Waals surface area contributed by atoms with E-state index in [4.69, 9.17) is 18.6 Å². The fraction of sp³-hybridized carbons (Fsp3) is 0.632. The van der Waals surface area contributed by atoms with Crippen molar-refractivity contribution in [1.82, 2.24) is 9.61 Å². The quantitative estimate of drug-likeness (QED) is 0.757. The van der Waals surface area contributed by atoms with Gasteiger partial charge in [0, 0.05) is 17.9 Å². The predicted octanol–water partition coefficient (Wildman–Crippen LogP) is 1.93. The third-order valence-corrected chi connectivity index (χ3v) is 6.61. The van der Waals surface area contributed by atoms with Crippen LogP contribution in [-0.2, 0) is 18.6 Å². The van der Waals surface area contributed by atoms with E-state index in [1.165, 1.54) is 0 Å². The molecule has 4 heterocycles. The van der Waals surface area contributed by atoms with Gasteiger partial charge in [-0.05, 0) is 73.0 Å². The maximum absolute atomic E-state index is 6.21. The summed E-state index contributed by atoms with van der Waals surface area (Å²) in [4.78, 5) is 0. The average Bonchev–Trinajstić information content (AvgIpc) is 3.10. The topological polar surface area (TPSA) is 54.2 Å². The van der Waals surface area contributed by atoms with Gasteiger partial charge in [0.05, 0.1) is 27.9 Å². The Morgan fingerprint density at radius 3 is 1.78 bits per heavy atom. The SMILES string of the molecule is CC1(C)OB(c2ccn3ncc(B4OC(C)(C)C(C)(C)O4)c3c2)OC1(C)C. The summed E-state index contributed by atoms with van der Waals surface area (Å²) >= 11 is 0. The van der Waals surface area contributed by atoms with Gasteiger partial charge in [0.1, 0.15) is 0 Å². The lowest BCUT2D eigenvalue weighted by Gasteiger charge is -2.32. The third-order valence-electron chi connectivity index (χ3n) is 6.61. The highest BCUT2D eigenvalue weighted by Gasteiger charge is 2.53. The minimum Gasteiger partial charge on any atom is -0.399 e. The lowest BCUT2D eigenvalue weighted by Crippen LogP contribution is -2.41. The molecule has 0 aromatic carbocycles. The molecule has 0 spiro atoms. The van der Waals surface area contributed by atoms with Gasteiger partial charge in [-0.3, -0.25) is 0 Å². The van der Waals surface area contributed by atoms with Crippen LogP contribution in [0.5, 0.6) is 0 Å². The van der Waals surface area contributed by atoms with Crippen molar-refractivity contribution in [3.63, 3.8) is 0 Å². The standard InChI is InChI=1S/C19H28B2N2O4/c1-16(2)17(3,4)25-20(24-16)13-9-10-23-15(11-13)14(12-22-23)21-26-18(5,6)19(7,8)27-21/h9-12H,1-8H3. The maximum Gasteiger partial charge on any atom is 0.498 e. The van der Waals surface area contributed by atoms with E-state index in [1.807, 2.05) is 23.0 Å². The summed E-state index contributed by atoms with van der Waals surface area (Å²) in [5, 5.41) is 4.46. The zero-order chi connectivity index (χ0) is 19.8. The van der Waals surface area contributed by atoms with Crippen molar-refractivity contribution in [3.05, 3.63) is 24.5 Å². The van der Waals surface area contributed by atoms with Gasteiger partial charge in [0.25, 0.3) is 0 Å². The Kier molecular flexibility index (Phi) is 3.94. The summed E-state index contributed by atoms with van der Waals surface area (Å²) in [6.07, 6.45) is 3.73. The number of hydrogen-bond acceptors (Lipinski definition) is 5. The molecular weight excluding hydrogens is 342 g/mol. The van der Waals surface area contributed by atoms with Crippen LogP contribution in [0.15, 0.2) is 24.5 Å². The van der Waals surface area contributed by atoms with Crippen molar-refractivity contribution in [2.24, 2.45) is 0 Å². The molecule has 0 atom stereocenters. The zero-order valence-corrected chi connectivity index (χ0v) is 17.5. The predicted molar refractivity (Wildman–Crippen MR) is 107 cm³/mol. The molecule has 2 saturated heterocycles. The van der Waals surface area contributed by atoms with Crippen molar-refractivity contribution >= 4 is 30.7 Å². The van der Waals surface area contributed by atoms with Crippen molar-refractivity contribution in [2.45, 2.75) is 77.8 Å². The Bertz CT molecular complexity index is 859. The van der Waals surface area contributed by atoms with Crippen LogP contribution in [0.3, 0.4) is 0 Å². The Hall–Kier alpha value is -1.34. The summed E-state index contributed by atoms with van der Waals surface area (Å²) in [6.45, 7) is 16.4. The van der Waals surface area contributed by atoms with E-state index in [2.05, 4.69) is 66.6 Å². The molecular formula is C19H28B2N2O4. The zero-order valence-electron chi connectivity index (χ0n) is 17.5. The first-order valence-corrected chi connectivity index (χ1v) is 9.51. The number of aromatic nitrogens is 2. The fourth-order valence-electron chi connectivity index (χ4n) is 3.29. The van der Waals surface area contributed by atoms with Gasteiger partial charge in [-0.2, -0.15) is 5.10 Å². The van der Waals surface area contributed by atoms with Crippen LogP contribution in [0.1, 0.15) is 55.4 Å². The van der Waals surface area contributed by atoms with Gasteiger partial charge in [0.2, 0.25) is 0 Å². The maximum atomic E-state index is 6.21. The summed E-state index contributed by atoms with van der Waals surface area (Å²) in [5.41, 5.74) is 1.26. The van der Waals surface area contributed by atoms with Crippen LogP contribution < -0.4 is 10.9 Å². The van der Waals surface area contributed by atoms with Crippen LogP contribution >= 0.6 is 0 Å². The lowest BCUT2D eigenvalue weighted by molar-refractivity contribution is 0.00578. The molecule has 144 valence electrons. The highest BCUT2D eigenvalue weighted by molar-refractivity contribution is 6.65. The van der Waals surface area contributed by atoms with E-state index in [0.717, 1.165) is 16.4 Å². The highest BCUT2D eigenvalue weighted by atomic mass is 16.7. The molecule has 27 heavy (non-hydrogen) atoms. The molecule has 2 fully saturated rings. The third kappa shape index (κ3) is 2.85. The number of rotatable bonds is 2. The second-order valence-electron chi connectivity index (χ2n) is 9.57. The molecule has 4 rings (SSSR count). The summed E-state index contributed by atoms with van der Waals surface area (Å²) in [6, 6.07) is 4.03. The number of pyridine rings is 1. The molecule has 0 saturated carbocycles. The minimum absolute atomic E-state index is 0.376. The molecule has 0 aliphatic carbocycles. The second-order valence-corrected chi connectivity index (χ2v) is 9.57. The van der Waals surface area contributed by atoms with Crippen LogP contribution in [0, 0.1) is 0 Å². The molecule has 0 N–H and O–H groups in total. The summed E-state index contributed by atoms with van der Waals surface area (Å²) in [7, 11) is -0.873. The Morgan fingerprint density at radius 2 is 1.26 bits per heavy atom. The van der Waals surface area contributed by atoms with Gasteiger partial charge in [-0.1, -0.05) is 0 Å². The molecule has 2 aromatic heterocycles. The highest BCUT2D eigenvalue weighted by Crippen LogP contribution is 2.37. The van der Waals surface area contributed by atoms with Crippen LogP contribution in [0.2, 0.25) is 0 Å². The van der Waals surface area contributed by atoms with E-state index >= 15 is 0 Å². The second kappa shape index (κ2) is 5.60. The number of nitrogens with zero attached hydrogens (tertiary/aromatic N) is 2. The van der Waals surface area contributed by atoms with Crippen LogP contribution in [0.4, 0.5) is 0 Å². The largest absolute Gasteiger partial charge is 0.498 e. The lowest BCUT2D eigenvalue weighted by atomic mass is 9.76. The first-order valence-electron chi connectivity index (χ1n) is 9.51. The van der Waals surface area contributed by atoms with Crippen molar-refractivity contribution in [3.8, 4) is 0 Å². The first-order chi connectivity index (χ1) is 12.3. The van der Waals surface area contributed by atoms with E-state index in [9.17, 15) is 0 Å². The van der Waals surface area contributed by atoms with Gasteiger partial charge >= 0.3 is 14.2 Å². The van der Waals surface area contributed by atoms with Crippen molar-refractivity contribution in [1.29, 1.82) is 0 Å². The monoisotopic (exact) mass is 370 g/mol. The summed E-state index contributed by atoms with van der Waals surface area (Å²) in [5.74, 6) is 0. The molecule has 8 heteroatoms. The molecule has 2 aliphatic rings. The van der Waals surface area contributed by atoms with Crippen molar-refractivity contribution in [2.75, 3.05) is 0 Å². The molecule has 0 bridgehead atoms. The molecule has 0 radical (unpaired) electrons. The fourth-order valence-corrected chi connectivity index (χ4v) is 3.29. The Morgan fingerprint density at radius 1 is 0.778 bits per heavy atom. The van der Waals surface area contributed by atoms with E-state index in [1.54, 1.807) is 0 Å².